The number of pyridine rings is 1. The highest BCUT2D eigenvalue weighted by molar-refractivity contribution is 5.43. The second-order valence-corrected chi connectivity index (χ2v) is 6.79. The number of benzene rings is 1. The van der Waals surface area contributed by atoms with Crippen LogP contribution in [0, 0.1) is 0 Å². The maximum atomic E-state index is 5.54. The van der Waals surface area contributed by atoms with Crippen LogP contribution in [-0.4, -0.2) is 59.5 Å². The molecule has 10 nitrogen and oxygen atoms in total. The van der Waals surface area contributed by atoms with Crippen LogP contribution >= 0.6 is 0 Å². The van der Waals surface area contributed by atoms with Crippen LogP contribution in [0.25, 0.3) is 0 Å². The predicted octanol–water partition coefficient (Wildman–Crippen LogP) is 1.89. The SMILES string of the molecule is NCCOCCOCCNc1nc(NCc2ccccc2)nc(NCc2ccncc2)n1. The van der Waals surface area contributed by atoms with Gasteiger partial charge in [0.15, 0.2) is 0 Å². The number of aromatic nitrogens is 4. The molecule has 0 saturated heterocycles. The zero-order valence-electron chi connectivity index (χ0n) is 18.0. The number of nitrogens with zero attached hydrogens (tertiary/aromatic N) is 4. The van der Waals surface area contributed by atoms with Crippen molar-refractivity contribution in [2.24, 2.45) is 5.73 Å². The van der Waals surface area contributed by atoms with Crippen molar-refractivity contribution in [2.45, 2.75) is 13.1 Å². The fourth-order valence-electron chi connectivity index (χ4n) is 2.71. The van der Waals surface area contributed by atoms with Gasteiger partial charge in [-0.15, -0.1) is 0 Å². The van der Waals surface area contributed by atoms with E-state index < -0.39 is 0 Å². The molecule has 0 aliphatic heterocycles. The van der Waals surface area contributed by atoms with Crippen molar-refractivity contribution in [1.82, 2.24) is 19.9 Å². The molecule has 0 aliphatic rings. The van der Waals surface area contributed by atoms with Crippen molar-refractivity contribution in [3.8, 4) is 0 Å². The van der Waals surface area contributed by atoms with Crippen molar-refractivity contribution in [2.75, 3.05) is 55.5 Å². The van der Waals surface area contributed by atoms with E-state index in [1.807, 2.05) is 42.5 Å². The van der Waals surface area contributed by atoms with Crippen molar-refractivity contribution < 1.29 is 9.47 Å². The second kappa shape index (κ2) is 13.9. The largest absolute Gasteiger partial charge is 0.378 e. The molecule has 0 radical (unpaired) electrons. The van der Waals surface area contributed by atoms with Crippen LogP contribution in [0.1, 0.15) is 11.1 Å². The van der Waals surface area contributed by atoms with Gasteiger partial charge in [0, 0.05) is 38.6 Å². The minimum atomic E-state index is 0.468. The standard InChI is InChI=1S/C22H30N8O2/c23-8-12-31-14-15-32-13-11-25-20-28-21(26-16-18-4-2-1-3-5-18)30-22(29-20)27-17-19-6-9-24-10-7-19/h1-7,9-10H,8,11-17,23H2,(H3,25,26,27,28,29,30). The monoisotopic (exact) mass is 438 g/mol. The molecule has 0 saturated carbocycles. The first-order valence-corrected chi connectivity index (χ1v) is 10.6. The molecule has 0 fully saturated rings. The van der Waals surface area contributed by atoms with Crippen LogP contribution in [0.15, 0.2) is 54.9 Å². The molecule has 2 aromatic heterocycles. The molecule has 0 unspecified atom stereocenters. The summed E-state index contributed by atoms with van der Waals surface area (Å²) in [7, 11) is 0. The van der Waals surface area contributed by atoms with Gasteiger partial charge in [0.1, 0.15) is 0 Å². The Bertz CT molecular complexity index is 837. The normalized spacial score (nSPS) is 10.7. The van der Waals surface area contributed by atoms with E-state index in [2.05, 4.69) is 35.9 Å². The fraction of sp³-hybridized carbons (Fsp3) is 0.364. The van der Waals surface area contributed by atoms with Gasteiger partial charge in [-0.2, -0.15) is 15.0 Å². The highest BCUT2D eigenvalue weighted by Gasteiger charge is 2.07. The Balaban J connectivity index is 1.55. The van der Waals surface area contributed by atoms with Gasteiger partial charge in [-0.1, -0.05) is 30.3 Å². The van der Waals surface area contributed by atoms with E-state index in [1.54, 1.807) is 12.4 Å². The number of hydrogen-bond donors (Lipinski definition) is 4. The summed E-state index contributed by atoms with van der Waals surface area (Å²) < 4.78 is 10.8. The molecule has 170 valence electrons. The zero-order chi connectivity index (χ0) is 22.3. The molecule has 0 atom stereocenters. The summed E-state index contributed by atoms with van der Waals surface area (Å²) in [6.45, 7) is 4.35. The number of anilines is 3. The minimum Gasteiger partial charge on any atom is -0.378 e. The summed E-state index contributed by atoms with van der Waals surface area (Å²) in [6, 6.07) is 14.0. The Morgan fingerprint density at radius 3 is 1.84 bits per heavy atom. The minimum absolute atomic E-state index is 0.468. The van der Waals surface area contributed by atoms with Crippen LogP contribution in [-0.2, 0) is 22.6 Å². The van der Waals surface area contributed by atoms with E-state index in [0.29, 0.717) is 70.5 Å². The molecule has 3 aromatic rings. The average Bonchev–Trinajstić information content (AvgIpc) is 2.84. The Hall–Kier alpha value is -3.34. The van der Waals surface area contributed by atoms with E-state index in [0.717, 1.165) is 11.1 Å². The lowest BCUT2D eigenvalue weighted by Crippen LogP contribution is -2.17. The molecule has 5 N–H and O–H groups in total. The van der Waals surface area contributed by atoms with Gasteiger partial charge in [0.25, 0.3) is 0 Å². The predicted molar refractivity (Wildman–Crippen MR) is 124 cm³/mol. The van der Waals surface area contributed by atoms with Crippen molar-refractivity contribution in [3.63, 3.8) is 0 Å². The Morgan fingerprint density at radius 1 is 0.656 bits per heavy atom. The number of nitrogens with one attached hydrogen (secondary N) is 3. The maximum absolute atomic E-state index is 5.54. The molecule has 0 amide bonds. The van der Waals surface area contributed by atoms with E-state index >= 15 is 0 Å². The maximum Gasteiger partial charge on any atom is 0.229 e. The lowest BCUT2D eigenvalue weighted by atomic mass is 10.2. The molecule has 32 heavy (non-hydrogen) atoms. The lowest BCUT2D eigenvalue weighted by molar-refractivity contribution is 0.0547. The first kappa shape index (κ1) is 23.3. The molecule has 0 bridgehead atoms. The molecule has 0 aliphatic carbocycles. The third-order valence-corrected chi connectivity index (χ3v) is 4.29. The molecular formula is C22H30N8O2. The van der Waals surface area contributed by atoms with Crippen molar-refractivity contribution in [1.29, 1.82) is 0 Å². The average molecular weight is 439 g/mol. The third-order valence-electron chi connectivity index (χ3n) is 4.29. The van der Waals surface area contributed by atoms with Crippen LogP contribution < -0.4 is 21.7 Å². The summed E-state index contributed by atoms with van der Waals surface area (Å²) in [5, 5.41) is 9.69. The zero-order valence-corrected chi connectivity index (χ0v) is 18.0. The summed E-state index contributed by atoms with van der Waals surface area (Å²) in [4.78, 5) is 17.5. The van der Waals surface area contributed by atoms with Gasteiger partial charge >= 0.3 is 0 Å². The third kappa shape index (κ3) is 8.80. The van der Waals surface area contributed by atoms with E-state index in [1.165, 1.54) is 0 Å². The van der Waals surface area contributed by atoms with Crippen molar-refractivity contribution in [3.05, 3.63) is 66.0 Å². The van der Waals surface area contributed by atoms with Gasteiger partial charge in [-0.3, -0.25) is 4.98 Å². The van der Waals surface area contributed by atoms with Crippen LogP contribution in [0.2, 0.25) is 0 Å². The van der Waals surface area contributed by atoms with Gasteiger partial charge in [-0.05, 0) is 23.3 Å². The number of ether oxygens (including phenoxy) is 2. The summed E-state index contributed by atoms with van der Waals surface area (Å²) in [5.74, 6) is 1.43. The first-order valence-electron chi connectivity index (χ1n) is 10.6. The molecule has 3 rings (SSSR count). The van der Waals surface area contributed by atoms with Gasteiger partial charge < -0.3 is 31.2 Å². The number of hydrogen-bond acceptors (Lipinski definition) is 10. The number of rotatable bonds is 15. The molecule has 10 heteroatoms. The van der Waals surface area contributed by atoms with E-state index in [4.69, 9.17) is 15.2 Å². The quantitative estimate of drug-likeness (QED) is 0.261. The van der Waals surface area contributed by atoms with Crippen LogP contribution in [0.3, 0.4) is 0 Å². The van der Waals surface area contributed by atoms with Crippen molar-refractivity contribution >= 4 is 17.8 Å². The van der Waals surface area contributed by atoms with Crippen LogP contribution in [0.4, 0.5) is 17.8 Å². The first-order chi connectivity index (χ1) is 15.8. The Labute approximate surface area is 188 Å². The molecule has 0 spiro atoms. The summed E-state index contributed by atoms with van der Waals surface area (Å²) >= 11 is 0. The Kier molecular flexibility index (Phi) is 10.1. The van der Waals surface area contributed by atoms with Gasteiger partial charge in [0.2, 0.25) is 17.8 Å². The lowest BCUT2D eigenvalue weighted by Gasteiger charge is -2.12. The Morgan fingerprint density at radius 2 is 1.22 bits per heavy atom. The summed E-state index contributed by atoms with van der Waals surface area (Å²) in [5.41, 5.74) is 7.60. The topological polar surface area (TPSA) is 132 Å². The highest BCUT2D eigenvalue weighted by atomic mass is 16.5. The van der Waals surface area contributed by atoms with E-state index in [-0.39, 0.29) is 0 Å². The smallest absolute Gasteiger partial charge is 0.229 e. The van der Waals surface area contributed by atoms with Gasteiger partial charge in [-0.25, -0.2) is 0 Å². The van der Waals surface area contributed by atoms with Gasteiger partial charge in [0.05, 0.1) is 26.4 Å². The highest BCUT2D eigenvalue weighted by Crippen LogP contribution is 2.12. The molecular weight excluding hydrogens is 408 g/mol. The summed E-state index contributed by atoms with van der Waals surface area (Å²) in [6.07, 6.45) is 3.51. The molecule has 2 heterocycles. The second-order valence-electron chi connectivity index (χ2n) is 6.79. The van der Waals surface area contributed by atoms with E-state index in [9.17, 15) is 0 Å². The van der Waals surface area contributed by atoms with Crippen LogP contribution in [0.5, 0.6) is 0 Å². The molecule has 1 aromatic carbocycles. The number of nitrogens with two attached hydrogens (primary N) is 1. The fourth-order valence-corrected chi connectivity index (χ4v) is 2.71.